The van der Waals surface area contributed by atoms with Crippen LogP contribution in [0.3, 0.4) is 0 Å². The predicted octanol–water partition coefficient (Wildman–Crippen LogP) is 2.11. The van der Waals surface area contributed by atoms with E-state index in [1.807, 2.05) is 4.90 Å². The second-order valence-corrected chi connectivity index (χ2v) is 6.20. The van der Waals surface area contributed by atoms with Crippen LogP contribution in [-0.2, 0) is 9.47 Å². The molecule has 0 aromatic heterocycles. The van der Waals surface area contributed by atoms with Crippen LogP contribution in [0.1, 0.15) is 44.9 Å². The van der Waals surface area contributed by atoms with E-state index in [-0.39, 0.29) is 18.4 Å². The average Bonchev–Trinajstić information content (AvgIpc) is 3.18. The highest BCUT2D eigenvalue weighted by Crippen LogP contribution is 2.26. The van der Waals surface area contributed by atoms with Crippen LogP contribution in [-0.4, -0.2) is 49.6 Å². The maximum atomic E-state index is 12.4. The Morgan fingerprint density at radius 1 is 1.05 bits per heavy atom. The van der Waals surface area contributed by atoms with Gasteiger partial charge in [-0.05, 0) is 38.0 Å². The summed E-state index contributed by atoms with van der Waals surface area (Å²) in [6.07, 6.45) is 8.17. The summed E-state index contributed by atoms with van der Waals surface area (Å²) in [6, 6.07) is 0.163. The Labute approximate surface area is 121 Å². The lowest BCUT2D eigenvalue weighted by molar-refractivity contribution is -0.0983. The Balaban J connectivity index is 1.52. The lowest BCUT2D eigenvalue weighted by Crippen LogP contribution is -2.54. The van der Waals surface area contributed by atoms with E-state index in [0.29, 0.717) is 19.1 Å². The van der Waals surface area contributed by atoms with Gasteiger partial charge in [-0.3, -0.25) is 0 Å². The van der Waals surface area contributed by atoms with Crippen molar-refractivity contribution in [2.45, 2.75) is 57.3 Å². The third-order valence-electron chi connectivity index (χ3n) is 4.79. The zero-order valence-electron chi connectivity index (χ0n) is 12.2. The first-order valence-corrected chi connectivity index (χ1v) is 8.12. The number of amides is 2. The molecule has 5 heteroatoms. The highest BCUT2D eigenvalue weighted by atomic mass is 16.7. The molecule has 1 atom stereocenters. The van der Waals surface area contributed by atoms with Gasteiger partial charge in [-0.25, -0.2) is 4.79 Å². The van der Waals surface area contributed by atoms with Gasteiger partial charge in [0.1, 0.15) is 0 Å². The second kappa shape index (κ2) is 6.76. The van der Waals surface area contributed by atoms with Crippen molar-refractivity contribution < 1.29 is 14.3 Å². The van der Waals surface area contributed by atoms with Crippen molar-refractivity contribution in [1.29, 1.82) is 0 Å². The van der Waals surface area contributed by atoms with Crippen molar-refractivity contribution in [2.75, 3.05) is 26.3 Å². The summed E-state index contributed by atoms with van der Waals surface area (Å²) < 4.78 is 11.2. The smallest absolute Gasteiger partial charge is 0.317 e. The van der Waals surface area contributed by atoms with Crippen molar-refractivity contribution in [3.63, 3.8) is 0 Å². The monoisotopic (exact) mass is 282 g/mol. The first-order valence-electron chi connectivity index (χ1n) is 8.12. The summed E-state index contributed by atoms with van der Waals surface area (Å²) in [5, 5.41) is 3.12. The summed E-state index contributed by atoms with van der Waals surface area (Å²) in [5.41, 5.74) is 0. The molecule has 0 radical (unpaired) electrons. The summed E-state index contributed by atoms with van der Waals surface area (Å²) in [5.74, 6) is 0.682. The van der Waals surface area contributed by atoms with E-state index in [0.717, 1.165) is 32.4 Å². The highest BCUT2D eigenvalue weighted by molar-refractivity contribution is 5.74. The third kappa shape index (κ3) is 3.26. The van der Waals surface area contributed by atoms with Gasteiger partial charge in [-0.2, -0.15) is 0 Å². The molecule has 114 valence electrons. The fourth-order valence-corrected chi connectivity index (χ4v) is 3.64. The van der Waals surface area contributed by atoms with Crippen molar-refractivity contribution >= 4 is 6.03 Å². The largest absolute Gasteiger partial charge is 0.348 e. The summed E-state index contributed by atoms with van der Waals surface area (Å²) >= 11 is 0. The number of hydrogen-bond donors (Lipinski definition) is 1. The third-order valence-corrected chi connectivity index (χ3v) is 4.79. The van der Waals surface area contributed by atoms with E-state index in [1.165, 1.54) is 25.7 Å². The molecule has 2 heterocycles. The SMILES string of the molecule is O=C(NCC1CCCC1)N1CCCCC1C1OCCO1. The van der Waals surface area contributed by atoms with Crippen molar-refractivity contribution in [1.82, 2.24) is 10.2 Å². The standard InChI is InChI=1S/C15H26N2O3/c18-15(16-11-12-5-1-2-6-12)17-8-4-3-7-13(17)14-19-9-10-20-14/h12-14H,1-11H2,(H,16,18). The number of carbonyl (C=O) groups excluding carboxylic acids is 1. The van der Waals surface area contributed by atoms with Crippen molar-refractivity contribution in [3.05, 3.63) is 0 Å². The van der Waals surface area contributed by atoms with E-state index < -0.39 is 0 Å². The number of rotatable bonds is 3. The minimum Gasteiger partial charge on any atom is -0.348 e. The Hall–Kier alpha value is -0.810. The number of nitrogens with zero attached hydrogens (tertiary/aromatic N) is 1. The molecule has 2 amide bonds. The first kappa shape index (κ1) is 14.1. The van der Waals surface area contributed by atoms with Gasteiger partial charge in [0.2, 0.25) is 0 Å². The quantitative estimate of drug-likeness (QED) is 0.862. The molecule has 1 aliphatic carbocycles. The number of nitrogens with one attached hydrogen (secondary N) is 1. The molecule has 0 aromatic rings. The Kier molecular flexibility index (Phi) is 4.78. The summed E-state index contributed by atoms with van der Waals surface area (Å²) in [4.78, 5) is 14.4. The van der Waals surface area contributed by atoms with Crippen LogP contribution >= 0.6 is 0 Å². The van der Waals surface area contributed by atoms with Crippen LogP contribution in [0.4, 0.5) is 4.79 Å². The lowest BCUT2D eigenvalue weighted by atomic mass is 10.0. The van der Waals surface area contributed by atoms with E-state index in [1.54, 1.807) is 0 Å². The second-order valence-electron chi connectivity index (χ2n) is 6.20. The van der Waals surface area contributed by atoms with Gasteiger partial charge in [0.15, 0.2) is 6.29 Å². The van der Waals surface area contributed by atoms with Crippen LogP contribution in [0.15, 0.2) is 0 Å². The number of hydrogen-bond acceptors (Lipinski definition) is 3. The maximum absolute atomic E-state index is 12.4. The predicted molar refractivity (Wildman–Crippen MR) is 75.4 cm³/mol. The van der Waals surface area contributed by atoms with Gasteiger partial charge in [0.05, 0.1) is 19.3 Å². The maximum Gasteiger partial charge on any atom is 0.317 e. The number of likely N-dealkylation sites (tertiary alicyclic amines) is 1. The van der Waals surface area contributed by atoms with Gasteiger partial charge in [-0.15, -0.1) is 0 Å². The Bertz CT molecular complexity index is 325. The molecule has 0 spiro atoms. The molecular formula is C15H26N2O3. The van der Waals surface area contributed by atoms with E-state index in [9.17, 15) is 4.79 Å². The van der Waals surface area contributed by atoms with Crippen LogP contribution in [0.25, 0.3) is 0 Å². The van der Waals surface area contributed by atoms with Crippen LogP contribution in [0, 0.1) is 5.92 Å². The minimum absolute atomic E-state index is 0.0701. The van der Waals surface area contributed by atoms with Crippen LogP contribution < -0.4 is 5.32 Å². The fraction of sp³-hybridized carbons (Fsp3) is 0.933. The minimum atomic E-state index is -0.215. The van der Waals surface area contributed by atoms with E-state index >= 15 is 0 Å². The Morgan fingerprint density at radius 2 is 1.75 bits per heavy atom. The lowest BCUT2D eigenvalue weighted by Gasteiger charge is -2.38. The van der Waals surface area contributed by atoms with Gasteiger partial charge in [0.25, 0.3) is 0 Å². The molecule has 1 unspecified atom stereocenters. The molecule has 0 bridgehead atoms. The van der Waals surface area contributed by atoms with Crippen LogP contribution in [0.2, 0.25) is 0 Å². The molecule has 3 fully saturated rings. The number of ether oxygens (including phenoxy) is 2. The van der Waals surface area contributed by atoms with Gasteiger partial charge < -0.3 is 19.7 Å². The van der Waals surface area contributed by atoms with Crippen LogP contribution in [0.5, 0.6) is 0 Å². The van der Waals surface area contributed by atoms with E-state index in [2.05, 4.69) is 5.32 Å². The topological polar surface area (TPSA) is 50.8 Å². The summed E-state index contributed by atoms with van der Waals surface area (Å²) in [6.45, 7) is 2.95. The first-order chi connectivity index (χ1) is 9.84. The average molecular weight is 282 g/mol. The normalized spacial score (nSPS) is 29.0. The zero-order chi connectivity index (χ0) is 13.8. The molecule has 5 nitrogen and oxygen atoms in total. The number of urea groups is 1. The molecule has 1 N–H and O–H groups in total. The molecule has 20 heavy (non-hydrogen) atoms. The fourth-order valence-electron chi connectivity index (χ4n) is 3.64. The van der Waals surface area contributed by atoms with Gasteiger partial charge in [0, 0.05) is 13.1 Å². The molecular weight excluding hydrogens is 256 g/mol. The number of piperidine rings is 1. The van der Waals surface area contributed by atoms with Gasteiger partial charge in [-0.1, -0.05) is 12.8 Å². The van der Waals surface area contributed by atoms with Crippen molar-refractivity contribution in [3.8, 4) is 0 Å². The molecule has 2 saturated heterocycles. The molecule has 3 rings (SSSR count). The summed E-state index contributed by atoms with van der Waals surface area (Å²) in [7, 11) is 0. The number of carbonyl (C=O) groups is 1. The van der Waals surface area contributed by atoms with Crippen molar-refractivity contribution in [2.24, 2.45) is 5.92 Å². The Morgan fingerprint density at radius 3 is 2.50 bits per heavy atom. The highest BCUT2D eigenvalue weighted by Gasteiger charge is 2.36. The molecule has 3 aliphatic rings. The van der Waals surface area contributed by atoms with E-state index in [4.69, 9.17) is 9.47 Å². The molecule has 0 aromatic carbocycles. The van der Waals surface area contributed by atoms with Gasteiger partial charge >= 0.3 is 6.03 Å². The molecule has 2 aliphatic heterocycles. The molecule has 1 saturated carbocycles. The zero-order valence-corrected chi connectivity index (χ0v) is 12.2.